The molecular formula is C54H47N7O7. The van der Waals surface area contributed by atoms with Gasteiger partial charge in [-0.25, -0.2) is 4.68 Å². The summed E-state index contributed by atoms with van der Waals surface area (Å²) in [6.07, 6.45) is -0.822. The number of cyclic esters (lactones) is 1. The molecule has 0 bridgehead atoms. The maximum Gasteiger partial charge on any atom is 0.324 e. The number of anilines is 3. The first kappa shape index (κ1) is 42.8. The lowest BCUT2D eigenvalue weighted by molar-refractivity contribution is -0.177. The highest BCUT2D eigenvalue weighted by atomic mass is 16.6. The van der Waals surface area contributed by atoms with E-state index in [2.05, 4.69) is 42.6 Å². The van der Waals surface area contributed by atoms with Gasteiger partial charge >= 0.3 is 5.97 Å². The van der Waals surface area contributed by atoms with Crippen molar-refractivity contribution >= 4 is 45.9 Å². The topological polar surface area (TPSA) is 160 Å². The Morgan fingerprint density at radius 1 is 0.824 bits per heavy atom. The molecule has 0 unspecified atom stereocenters. The predicted molar refractivity (Wildman–Crippen MR) is 255 cm³/mol. The van der Waals surface area contributed by atoms with Crippen molar-refractivity contribution in [2.24, 2.45) is 5.92 Å². The van der Waals surface area contributed by atoms with Crippen molar-refractivity contribution in [3.8, 4) is 17.6 Å². The number of morpholine rings is 2. The molecule has 11 rings (SSSR count). The van der Waals surface area contributed by atoms with Crippen LogP contribution in [0.4, 0.5) is 17.1 Å². The van der Waals surface area contributed by atoms with Gasteiger partial charge in [0.1, 0.15) is 42.0 Å². The van der Waals surface area contributed by atoms with Gasteiger partial charge in [0.05, 0.1) is 43.3 Å². The van der Waals surface area contributed by atoms with E-state index in [1.54, 1.807) is 16.8 Å². The Morgan fingerprint density at radius 3 is 2.29 bits per heavy atom. The quantitative estimate of drug-likeness (QED) is 0.100. The standard InChI is InChI=1S/C54H47N7O7/c62-30-33-67-41-24-18-38(19-25-41)50-54(42-34-35(17-26-43(42)56-53(54)65)10-9-27-60-45-16-8-7-15-44(45)57-58-60)46(51(63)55-39-20-22-40(23-21-39)59-28-31-66-32-29-59)48-52(64)68-49(37-13-5-2-6-14-37)47(61(48)50)36-11-3-1-4-12-36/h1-8,11-26,34,46-50,62H,27-33H2,(H,55,63)(H,56,65)/t46-,47-,48-,49+,50+,54-/m1/s1. The van der Waals surface area contributed by atoms with E-state index >= 15 is 14.4 Å². The van der Waals surface area contributed by atoms with Crippen molar-refractivity contribution in [3.63, 3.8) is 0 Å². The predicted octanol–water partition coefficient (Wildman–Crippen LogP) is 6.60. The highest BCUT2D eigenvalue weighted by molar-refractivity contribution is 6.13. The molecule has 6 aromatic carbocycles. The molecule has 5 heterocycles. The Kier molecular flexibility index (Phi) is 11.4. The maximum absolute atomic E-state index is 15.7. The number of aliphatic hydroxyl groups excluding tert-OH is 1. The highest BCUT2D eigenvalue weighted by Crippen LogP contribution is 2.65. The van der Waals surface area contributed by atoms with Gasteiger partial charge in [0, 0.05) is 35.7 Å². The van der Waals surface area contributed by atoms with E-state index in [0.717, 1.165) is 40.9 Å². The summed E-state index contributed by atoms with van der Waals surface area (Å²) in [4.78, 5) is 51.0. The van der Waals surface area contributed by atoms with Crippen LogP contribution in [0.25, 0.3) is 11.0 Å². The number of hydrogen-bond donors (Lipinski definition) is 3. The molecule has 4 aliphatic rings. The smallest absolute Gasteiger partial charge is 0.324 e. The third-order valence-electron chi connectivity index (χ3n) is 13.5. The molecule has 3 saturated heterocycles. The zero-order valence-corrected chi connectivity index (χ0v) is 36.9. The molecule has 1 spiro atoms. The van der Waals surface area contributed by atoms with Crippen LogP contribution >= 0.6 is 0 Å². The molecule has 68 heavy (non-hydrogen) atoms. The van der Waals surface area contributed by atoms with Crippen molar-refractivity contribution in [1.82, 2.24) is 19.9 Å². The number of rotatable bonds is 10. The fourth-order valence-electron chi connectivity index (χ4n) is 10.6. The Labute approximate surface area is 392 Å². The number of esters is 1. The maximum atomic E-state index is 15.7. The minimum Gasteiger partial charge on any atom is -0.491 e. The fraction of sp³-hybridized carbons (Fsp3) is 0.241. The molecular weight excluding hydrogens is 859 g/mol. The first-order valence-corrected chi connectivity index (χ1v) is 22.8. The lowest BCUT2D eigenvalue weighted by Gasteiger charge is -2.46. The first-order chi connectivity index (χ1) is 33.4. The van der Waals surface area contributed by atoms with E-state index in [4.69, 9.17) is 14.2 Å². The van der Waals surface area contributed by atoms with Crippen LogP contribution in [0.3, 0.4) is 0 Å². The van der Waals surface area contributed by atoms with Crippen LogP contribution in [-0.4, -0.2) is 88.3 Å². The van der Waals surface area contributed by atoms with Gasteiger partial charge in [-0.3, -0.25) is 19.3 Å². The Hall–Kier alpha value is -7.83. The normalized spacial score (nSPS) is 23.0. The summed E-state index contributed by atoms with van der Waals surface area (Å²) in [5.41, 5.74) is 5.26. The van der Waals surface area contributed by atoms with Crippen molar-refractivity contribution in [1.29, 1.82) is 0 Å². The number of carbonyl (C=O) groups excluding carboxylic acids is 3. The Morgan fingerprint density at radius 2 is 1.54 bits per heavy atom. The third-order valence-corrected chi connectivity index (χ3v) is 13.5. The molecule has 0 aliphatic carbocycles. The van der Waals surface area contributed by atoms with Gasteiger partial charge in [-0.15, -0.1) is 5.10 Å². The summed E-state index contributed by atoms with van der Waals surface area (Å²) in [6, 6.07) is 44.6. The number of amides is 2. The van der Waals surface area contributed by atoms with Crippen LogP contribution in [0.15, 0.2) is 152 Å². The van der Waals surface area contributed by atoms with Gasteiger partial charge in [-0.2, -0.15) is 0 Å². The number of nitrogens with one attached hydrogen (secondary N) is 2. The number of fused-ring (bicyclic) bond motifs is 4. The second-order valence-electron chi connectivity index (χ2n) is 17.3. The number of aliphatic hydroxyl groups is 1. The minimum absolute atomic E-state index is 0.0873. The largest absolute Gasteiger partial charge is 0.491 e. The van der Waals surface area contributed by atoms with Crippen LogP contribution in [-0.2, 0) is 35.8 Å². The molecule has 14 nitrogen and oxygen atoms in total. The molecule has 2 amide bonds. The van der Waals surface area contributed by atoms with Crippen molar-refractivity contribution < 1.29 is 33.7 Å². The van der Waals surface area contributed by atoms with Crippen molar-refractivity contribution in [2.45, 2.75) is 36.2 Å². The van der Waals surface area contributed by atoms with E-state index in [9.17, 15) is 5.11 Å². The Bertz CT molecular complexity index is 3060. The summed E-state index contributed by atoms with van der Waals surface area (Å²) < 4.78 is 19.7. The van der Waals surface area contributed by atoms with E-state index in [1.165, 1.54) is 0 Å². The summed E-state index contributed by atoms with van der Waals surface area (Å²) in [5, 5.41) is 24.5. The zero-order chi connectivity index (χ0) is 46.2. The number of nitrogens with zero attached hydrogens (tertiary/aromatic N) is 5. The van der Waals surface area contributed by atoms with Crippen LogP contribution in [0.1, 0.15) is 46.0 Å². The average molecular weight is 906 g/mol. The van der Waals surface area contributed by atoms with Gasteiger partial charge in [0.15, 0.2) is 0 Å². The lowest BCUT2D eigenvalue weighted by atomic mass is 9.65. The summed E-state index contributed by atoms with van der Waals surface area (Å²) in [7, 11) is 0. The van der Waals surface area contributed by atoms with Crippen molar-refractivity contribution in [3.05, 3.63) is 179 Å². The molecule has 0 saturated carbocycles. The number of benzene rings is 6. The van der Waals surface area contributed by atoms with E-state index < -0.39 is 53.3 Å². The van der Waals surface area contributed by atoms with Gasteiger partial charge in [0.25, 0.3) is 0 Å². The minimum atomic E-state index is -1.73. The molecule has 7 aromatic rings. The Balaban J connectivity index is 1.10. The molecule has 1 aromatic heterocycles. The van der Waals surface area contributed by atoms with Gasteiger partial charge in [-0.05, 0) is 89.0 Å². The second-order valence-corrected chi connectivity index (χ2v) is 17.3. The molecule has 14 heteroatoms. The second kappa shape index (κ2) is 18.1. The van der Waals surface area contributed by atoms with Crippen LogP contribution in [0.5, 0.6) is 5.75 Å². The van der Waals surface area contributed by atoms with Crippen LogP contribution in [0.2, 0.25) is 0 Å². The molecule has 340 valence electrons. The van der Waals surface area contributed by atoms with E-state index in [1.807, 2.05) is 140 Å². The van der Waals surface area contributed by atoms with Crippen molar-refractivity contribution in [2.75, 3.05) is 55.1 Å². The number of hydrogen-bond acceptors (Lipinski definition) is 11. The lowest BCUT2D eigenvalue weighted by Crippen LogP contribution is -2.53. The first-order valence-electron chi connectivity index (χ1n) is 22.8. The molecule has 6 atom stereocenters. The molecule has 3 N–H and O–H groups in total. The summed E-state index contributed by atoms with van der Waals surface area (Å²) in [5.74, 6) is 4.13. The monoisotopic (exact) mass is 905 g/mol. The third kappa shape index (κ3) is 7.50. The average Bonchev–Trinajstić information content (AvgIpc) is 4.04. The highest BCUT2D eigenvalue weighted by Gasteiger charge is 2.74. The summed E-state index contributed by atoms with van der Waals surface area (Å²) >= 11 is 0. The molecule has 3 fully saturated rings. The SMILES string of the molecule is O=C1O[C@@H](c2ccccc2)[C@@H](c2ccccc2)N2[C@@H](c3ccc(OCCO)cc3)[C@]3(C(=O)Nc4ccc(C#CCn5nnc6ccccc65)cc43)[C@@H](C(=O)Nc3ccc(N4CCOCC4)cc3)[C@H]12. The van der Waals surface area contributed by atoms with Gasteiger partial charge in [0.2, 0.25) is 11.8 Å². The van der Waals surface area contributed by atoms with Crippen LogP contribution in [0, 0.1) is 17.8 Å². The molecule has 4 aliphatic heterocycles. The summed E-state index contributed by atoms with van der Waals surface area (Å²) in [6.45, 7) is 2.91. The number of ether oxygens (including phenoxy) is 3. The number of aromatic nitrogens is 3. The van der Waals surface area contributed by atoms with E-state index in [0.29, 0.717) is 47.0 Å². The number of carbonyl (C=O) groups is 3. The van der Waals surface area contributed by atoms with E-state index in [-0.39, 0.29) is 19.8 Å². The zero-order valence-electron chi connectivity index (χ0n) is 36.9. The van der Waals surface area contributed by atoms with Gasteiger partial charge < -0.3 is 34.9 Å². The number of para-hydroxylation sites is 1. The van der Waals surface area contributed by atoms with Crippen LogP contribution < -0.4 is 20.3 Å². The molecule has 0 radical (unpaired) electrons. The van der Waals surface area contributed by atoms with Gasteiger partial charge in [-0.1, -0.05) is 102 Å². The fourth-order valence-corrected chi connectivity index (χ4v) is 10.6.